The van der Waals surface area contributed by atoms with Crippen molar-refractivity contribution in [1.29, 1.82) is 0 Å². The number of aromatic nitrogens is 1. The first-order valence-corrected chi connectivity index (χ1v) is 3.55. The molecule has 0 fully saturated rings. The first-order chi connectivity index (χ1) is 5.18. The van der Waals surface area contributed by atoms with E-state index in [0.717, 1.165) is 5.75 Å². The molecule has 0 bridgehead atoms. The van der Waals surface area contributed by atoms with Crippen LogP contribution in [0.4, 0.5) is 5.69 Å². The summed E-state index contributed by atoms with van der Waals surface area (Å²) >= 11 is 0. The highest BCUT2D eigenvalue weighted by Gasteiger charge is 1.96. The van der Waals surface area contributed by atoms with E-state index >= 15 is 0 Å². The van der Waals surface area contributed by atoms with E-state index in [0.29, 0.717) is 5.69 Å². The van der Waals surface area contributed by atoms with Gasteiger partial charge < -0.3 is 10.5 Å². The Balaban J connectivity index is 2.71. The molecule has 0 aromatic carbocycles. The molecule has 0 radical (unpaired) electrons. The summed E-state index contributed by atoms with van der Waals surface area (Å²) in [6.45, 7) is 3.92. The molecule has 1 aromatic heterocycles. The summed E-state index contributed by atoms with van der Waals surface area (Å²) in [6.07, 6.45) is 3.40. The Kier molecular flexibility index (Phi) is 2.31. The molecule has 1 heterocycles. The second-order valence-electron chi connectivity index (χ2n) is 2.62. The van der Waals surface area contributed by atoms with Crippen molar-refractivity contribution in [2.45, 2.75) is 20.0 Å². The average Bonchev–Trinajstić information content (AvgIpc) is 1.85. The molecule has 1 rings (SSSR count). The van der Waals surface area contributed by atoms with Gasteiger partial charge in [-0.25, -0.2) is 0 Å². The molecular formula is C8H12N2O. The minimum absolute atomic E-state index is 0.165. The molecular weight excluding hydrogens is 140 g/mol. The Morgan fingerprint density at radius 1 is 1.45 bits per heavy atom. The van der Waals surface area contributed by atoms with E-state index in [2.05, 4.69) is 4.98 Å². The molecule has 0 amide bonds. The predicted molar refractivity (Wildman–Crippen MR) is 44.4 cm³/mol. The minimum Gasteiger partial charge on any atom is -0.489 e. The van der Waals surface area contributed by atoms with Crippen molar-refractivity contribution in [3.05, 3.63) is 18.5 Å². The summed E-state index contributed by atoms with van der Waals surface area (Å²) in [7, 11) is 0. The molecule has 0 atom stereocenters. The van der Waals surface area contributed by atoms with Crippen LogP contribution in [0.25, 0.3) is 0 Å². The van der Waals surface area contributed by atoms with Crippen LogP contribution >= 0.6 is 0 Å². The van der Waals surface area contributed by atoms with Gasteiger partial charge in [0.15, 0.2) is 0 Å². The fraction of sp³-hybridized carbons (Fsp3) is 0.375. The number of nitrogens with two attached hydrogens (primary N) is 1. The molecule has 0 aliphatic rings. The summed E-state index contributed by atoms with van der Waals surface area (Å²) in [6, 6.07) is 1.76. The molecule has 0 aliphatic carbocycles. The van der Waals surface area contributed by atoms with Gasteiger partial charge >= 0.3 is 0 Å². The Labute approximate surface area is 66.2 Å². The number of pyridine rings is 1. The molecule has 0 saturated carbocycles. The van der Waals surface area contributed by atoms with E-state index in [-0.39, 0.29) is 6.10 Å². The maximum Gasteiger partial charge on any atom is 0.140 e. The second-order valence-corrected chi connectivity index (χ2v) is 2.62. The zero-order valence-electron chi connectivity index (χ0n) is 6.74. The van der Waals surface area contributed by atoms with Gasteiger partial charge in [0.1, 0.15) is 5.75 Å². The lowest BCUT2D eigenvalue weighted by Crippen LogP contribution is -2.05. The standard InChI is InChI=1S/C8H12N2O/c1-6(2)11-8-3-7(9)4-10-5-8/h3-6H,9H2,1-2H3. The molecule has 3 heteroatoms. The highest BCUT2D eigenvalue weighted by atomic mass is 16.5. The van der Waals surface area contributed by atoms with Gasteiger partial charge in [-0.1, -0.05) is 0 Å². The molecule has 2 N–H and O–H groups in total. The Hall–Kier alpha value is -1.25. The van der Waals surface area contributed by atoms with Gasteiger partial charge in [-0.05, 0) is 13.8 Å². The van der Waals surface area contributed by atoms with E-state index in [9.17, 15) is 0 Å². The molecule has 3 nitrogen and oxygen atoms in total. The van der Waals surface area contributed by atoms with Crippen molar-refractivity contribution in [3.63, 3.8) is 0 Å². The van der Waals surface area contributed by atoms with Crippen LogP contribution in [-0.4, -0.2) is 11.1 Å². The van der Waals surface area contributed by atoms with E-state index in [4.69, 9.17) is 10.5 Å². The van der Waals surface area contributed by atoms with Crippen LogP contribution < -0.4 is 10.5 Å². The van der Waals surface area contributed by atoms with Crippen molar-refractivity contribution < 1.29 is 4.74 Å². The largest absolute Gasteiger partial charge is 0.489 e. The SMILES string of the molecule is CC(C)Oc1cncc(N)c1. The van der Waals surface area contributed by atoms with Gasteiger partial charge in [0.2, 0.25) is 0 Å². The maximum atomic E-state index is 5.49. The molecule has 11 heavy (non-hydrogen) atoms. The Morgan fingerprint density at radius 2 is 2.18 bits per heavy atom. The molecule has 0 saturated heterocycles. The summed E-state index contributed by atoms with van der Waals surface area (Å²) in [5.41, 5.74) is 6.12. The van der Waals surface area contributed by atoms with Gasteiger partial charge in [0.25, 0.3) is 0 Å². The van der Waals surface area contributed by atoms with Crippen LogP contribution in [0.15, 0.2) is 18.5 Å². The van der Waals surface area contributed by atoms with Crippen LogP contribution in [0.3, 0.4) is 0 Å². The lowest BCUT2D eigenvalue weighted by molar-refractivity contribution is 0.241. The summed E-state index contributed by atoms with van der Waals surface area (Å²) in [5, 5.41) is 0. The van der Waals surface area contributed by atoms with Gasteiger partial charge in [-0.3, -0.25) is 4.98 Å². The van der Waals surface area contributed by atoms with Crippen LogP contribution in [0, 0.1) is 0 Å². The number of ether oxygens (including phenoxy) is 1. The summed E-state index contributed by atoms with van der Waals surface area (Å²) in [5.74, 6) is 0.722. The summed E-state index contributed by atoms with van der Waals surface area (Å²) in [4.78, 5) is 3.89. The molecule has 1 aromatic rings. The van der Waals surface area contributed by atoms with Crippen LogP contribution in [0.5, 0.6) is 5.75 Å². The minimum atomic E-state index is 0.165. The third kappa shape index (κ3) is 2.45. The molecule has 0 unspecified atom stereocenters. The van der Waals surface area contributed by atoms with Gasteiger partial charge in [0.05, 0.1) is 24.2 Å². The van der Waals surface area contributed by atoms with Gasteiger partial charge in [-0.2, -0.15) is 0 Å². The topological polar surface area (TPSA) is 48.1 Å². The van der Waals surface area contributed by atoms with Crippen molar-refractivity contribution in [2.75, 3.05) is 5.73 Å². The van der Waals surface area contributed by atoms with E-state index in [1.807, 2.05) is 13.8 Å². The van der Waals surface area contributed by atoms with Crippen LogP contribution in [0.2, 0.25) is 0 Å². The van der Waals surface area contributed by atoms with Gasteiger partial charge in [-0.15, -0.1) is 0 Å². The number of nitrogens with zero attached hydrogens (tertiary/aromatic N) is 1. The smallest absolute Gasteiger partial charge is 0.140 e. The zero-order chi connectivity index (χ0) is 8.27. The predicted octanol–water partition coefficient (Wildman–Crippen LogP) is 1.45. The Morgan fingerprint density at radius 3 is 2.73 bits per heavy atom. The van der Waals surface area contributed by atoms with E-state index in [1.165, 1.54) is 0 Å². The average molecular weight is 152 g/mol. The van der Waals surface area contributed by atoms with Crippen molar-refractivity contribution >= 4 is 5.69 Å². The fourth-order valence-corrected chi connectivity index (χ4v) is 0.772. The normalized spacial score (nSPS) is 10.1. The molecule has 0 aliphatic heterocycles. The molecule has 60 valence electrons. The monoisotopic (exact) mass is 152 g/mol. The van der Waals surface area contributed by atoms with E-state index in [1.54, 1.807) is 18.5 Å². The fourth-order valence-electron chi connectivity index (χ4n) is 0.772. The third-order valence-electron chi connectivity index (χ3n) is 1.11. The highest BCUT2D eigenvalue weighted by molar-refractivity contribution is 5.39. The number of hydrogen-bond acceptors (Lipinski definition) is 3. The number of anilines is 1. The lowest BCUT2D eigenvalue weighted by atomic mass is 10.4. The van der Waals surface area contributed by atoms with Crippen LogP contribution in [0.1, 0.15) is 13.8 Å². The first-order valence-electron chi connectivity index (χ1n) is 3.55. The van der Waals surface area contributed by atoms with Crippen molar-refractivity contribution in [2.24, 2.45) is 0 Å². The second kappa shape index (κ2) is 3.23. The van der Waals surface area contributed by atoms with Crippen molar-refractivity contribution in [1.82, 2.24) is 4.98 Å². The maximum absolute atomic E-state index is 5.49. The van der Waals surface area contributed by atoms with Crippen LogP contribution in [-0.2, 0) is 0 Å². The highest BCUT2D eigenvalue weighted by Crippen LogP contribution is 2.13. The lowest BCUT2D eigenvalue weighted by Gasteiger charge is -2.08. The third-order valence-corrected chi connectivity index (χ3v) is 1.11. The number of hydrogen-bond donors (Lipinski definition) is 1. The number of nitrogen functional groups attached to an aromatic ring is 1. The summed E-state index contributed by atoms with van der Waals surface area (Å²) < 4.78 is 5.35. The zero-order valence-corrected chi connectivity index (χ0v) is 6.74. The van der Waals surface area contributed by atoms with Crippen molar-refractivity contribution in [3.8, 4) is 5.75 Å². The van der Waals surface area contributed by atoms with E-state index < -0.39 is 0 Å². The molecule has 0 spiro atoms. The number of rotatable bonds is 2. The quantitative estimate of drug-likeness (QED) is 0.697. The first kappa shape index (κ1) is 7.85. The van der Waals surface area contributed by atoms with Gasteiger partial charge in [0, 0.05) is 6.07 Å². The Bertz CT molecular complexity index is 235.